The van der Waals surface area contributed by atoms with Crippen LogP contribution in [0.15, 0.2) is 29.4 Å². The molecule has 1 amide bonds. The summed E-state index contributed by atoms with van der Waals surface area (Å²) in [5.74, 6) is -0.0801. The molecule has 0 unspecified atom stereocenters. The van der Waals surface area contributed by atoms with Gasteiger partial charge in [-0.3, -0.25) is 4.79 Å². The van der Waals surface area contributed by atoms with E-state index in [0.717, 1.165) is 5.71 Å². The first-order chi connectivity index (χ1) is 8.24. The van der Waals surface area contributed by atoms with Crippen molar-refractivity contribution in [2.45, 2.75) is 12.8 Å². The van der Waals surface area contributed by atoms with E-state index >= 15 is 0 Å². The first-order valence-electron chi connectivity index (χ1n) is 5.34. The minimum atomic E-state index is -0.0801. The number of anilines is 1. The maximum Gasteiger partial charge on any atom is 0.253 e. The van der Waals surface area contributed by atoms with Crippen LogP contribution >= 0.6 is 0 Å². The summed E-state index contributed by atoms with van der Waals surface area (Å²) in [6, 6.07) is 8.86. The van der Waals surface area contributed by atoms with Crippen molar-refractivity contribution in [1.29, 1.82) is 5.26 Å². The molecule has 1 aliphatic heterocycles. The third-order valence-corrected chi connectivity index (χ3v) is 2.49. The van der Waals surface area contributed by atoms with Crippen LogP contribution in [0.5, 0.6) is 0 Å². The summed E-state index contributed by atoms with van der Waals surface area (Å²) in [5, 5.41) is 14.4. The lowest BCUT2D eigenvalue weighted by atomic mass is 10.2. The van der Waals surface area contributed by atoms with Crippen LogP contribution in [-0.2, 0) is 4.79 Å². The fourth-order valence-corrected chi connectivity index (χ4v) is 1.70. The number of amides is 1. The predicted molar refractivity (Wildman–Crippen MR) is 64.4 cm³/mol. The smallest absolute Gasteiger partial charge is 0.253 e. The lowest BCUT2D eigenvalue weighted by Gasteiger charge is -2.11. The minimum absolute atomic E-state index is 0.0801. The summed E-state index contributed by atoms with van der Waals surface area (Å²) in [5.41, 5.74) is 7.36. The molecular formula is C12H12N4O. The SMILES string of the molecule is N#Cc1cccc(N2N=C(CCN)CC2=O)c1. The molecule has 5 heteroatoms. The lowest BCUT2D eigenvalue weighted by molar-refractivity contribution is -0.116. The van der Waals surface area contributed by atoms with Crippen molar-refractivity contribution >= 4 is 17.3 Å². The summed E-state index contributed by atoms with van der Waals surface area (Å²) in [6.07, 6.45) is 0.939. The highest BCUT2D eigenvalue weighted by Crippen LogP contribution is 2.22. The molecule has 0 saturated carbocycles. The fourth-order valence-electron chi connectivity index (χ4n) is 1.70. The van der Waals surface area contributed by atoms with E-state index < -0.39 is 0 Å². The standard InChI is InChI=1S/C12H12N4O/c13-5-4-10-7-12(17)16(15-10)11-3-1-2-9(6-11)8-14/h1-3,6H,4-5,7,13H2. The number of nitrogens with zero attached hydrogens (tertiary/aromatic N) is 3. The zero-order valence-electron chi connectivity index (χ0n) is 9.26. The molecule has 0 atom stereocenters. The average molecular weight is 228 g/mol. The molecule has 17 heavy (non-hydrogen) atoms. The Labute approximate surface area is 99.1 Å². The van der Waals surface area contributed by atoms with E-state index in [1.165, 1.54) is 5.01 Å². The quantitative estimate of drug-likeness (QED) is 0.837. The Kier molecular flexibility index (Phi) is 3.17. The molecule has 0 aliphatic carbocycles. The molecular weight excluding hydrogens is 216 g/mol. The van der Waals surface area contributed by atoms with Gasteiger partial charge in [0, 0.05) is 12.1 Å². The largest absolute Gasteiger partial charge is 0.330 e. The number of hydrogen-bond donors (Lipinski definition) is 1. The Morgan fingerprint density at radius 2 is 2.35 bits per heavy atom. The number of hydrogen-bond acceptors (Lipinski definition) is 4. The second-order valence-electron chi connectivity index (χ2n) is 3.75. The van der Waals surface area contributed by atoms with Gasteiger partial charge in [0.2, 0.25) is 0 Å². The number of carbonyl (C=O) groups excluding carboxylic acids is 1. The molecule has 1 aromatic rings. The number of carbonyl (C=O) groups is 1. The van der Waals surface area contributed by atoms with Crippen molar-refractivity contribution in [1.82, 2.24) is 0 Å². The van der Waals surface area contributed by atoms with Crippen molar-refractivity contribution in [2.75, 3.05) is 11.6 Å². The molecule has 2 rings (SSSR count). The summed E-state index contributed by atoms with van der Waals surface area (Å²) >= 11 is 0. The first kappa shape index (κ1) is 11.3. The molecule has 0 bridgehead atoms. The van der Waals surface area contributed by atoms with Gasteiger partial charge in [0.1, 0.15) is 0 Å². The molecule has 1 heterocycles. The fraction of sp³-hybridized carbons (Fsp3) is 0.250. The first-order valence-corrected chi connectivity index (χ1v) is 5.34. The maximum absolute atomic E-state index is 11.7. The van der Waals surface area contributed by atoms with Crippen LogP contribution in [0.4, 0.5) is 5.69 Å². The number of benzene rings is 1. The Balaban J connectivity index is 2.28. The van der Waals surface area contributed by atoms with E-state index in [1.54, 1.807) is 24.3 Å². The van der Waals surface area contributed by atoms with Gasteiger partial charge in [0.05, 0.1) is 23.7 Å². The highest BCUT2D eigenvalue weighted by Gasteiger charge is 2.24. The van der Waals surface area contributed by atoms with Gasteiger partial charge in [0.25, 0.3) is 5.91 Å². The molecule has 86 valence electrons. The maximum atomic E-state index is 11.7. The van der Waals surface area contributed by atoms with Crippen LogP contribution < -0.4 is 10.7 Å². The van der Waals surface area contributed by atoms with Gasteiger partial charge in [-0.15, -0.1) is 0 Å². The summed E-state index contributed by atoms with van der Waals surface area (Å²) in [4.78, 5) is 11.7. The van der Waals surface area contributed by atoms with Gasteiger partial charge in [-0.1, -0.05) is 6.07 Å². The van der Waals surface area contributed by atoms with Crippen molar-refractivity contribution in [3.05, 3.63) is 29.8 Å². The third kappa shape index (κ3) is 2.32. The number of hydrazone groups is 1. The highest BCUT2D eigenvalue weighted by atomic mass is 16.2. The van der Waals surface area contributed by atoms with Crippen LogP contribution in [0.3, 0.4) is 0 Å². The van der Waals surface area contributed by atoms with Crippen LogP contribution in [-0.4, -0.2) is 18.2 Å². The van der Waals surface area contributed by atoms with Gasteiger partial charge >= 0.3 is 0 Å². The van der Waals surface area contributed by atoms with Gasteiger partial charge in [-0.2, -0.15) is 10.4 Å². The van der Waals surface area contributed by atoms with Crippen LogP contribution in [0.2, 0.25) is 0 Å². The summed E-state index contributed by atoms with van der Waals surface area (Å²) in [6.45, 7) is 0.484. The highest BCUT2D eigenvalue weighted by molar-refractivity contribution is 6.13. The van der Waals surface area contributed by atoms with E-state index in [1.807, 2.05) is 6.07 Å². The zero-order chi connectivity index (χ0) is 12.3. The second kappa shape index (κ2) is 4.76. The van der Waals surface area contributed by atoms with Gasteiger partial charge < -0.3 is 5.73 Å². The molecule has 0 saturated heterocycles. The zero-order valence-corrected chi connectivity index (χ0v) is 9.26. The molecule has 0 fully saturated rings. The molecule has 1 aromatic carbocycles. The van der Waals surface area contributed by atoms with E-state index in [0.29, 0.717) is 30.6 Å². The summed E-state index contributed by atoms with van der Waals surface area (Å²) in [7, 11) is 0. The van der Waals surface area contributed by atoms with E-state index in [9.17, 15) is 4.79 Å². The third-order valence-electron chi connectivity index (χ3n) is 2.49. The van der Waals surface area contributed by atoms with E-state index in [4.69, 9.17) is 11.0 Å². The molecule has 5 nitrogen and oxygen atoms in total. The predicted octanol–water partition coefficient (Wildman–Crippen LogP) is 1.000. The Bertz CT molecular complexity index is 515. The normalized spacial score (nSPS) is 14.7. The topological polar surface area (TPSA) is 82.5 Å². The Hall–Kier alpha value is -2.19. The Morgan fingerprint density at radius 1 is 1.53 bits per heavy atom. The molecule has 0 radical (unpaired) electrons. The summed E-state index contributed by atoms with van der Waals surface area (Å²) < 4.78 is 0. The van der Waals surface area contributed by atoms with Gasteiger partial charge in [-0.05, 0) is 24.7 Å². The van der Waals surface area contributed by atoms with Crippen LogP contribution in [0, 0.1) is 11.3 Å². The van der Waals surface area contributed by atoms with Crippen molar-refractivity contribution < 1.29 is 4.79 Å². The molecule has 0 spiro atoms. The van der Waals surface area contributed by atoms with Crippen LogP contribution in [0.1, 0.15) is 18.4 Å². The lowest BCUT2D eigenvalue weighted by Crippen LogP contribution is -2.19. The van der Waals surface area contributed by atoms with E-state index in [2.05, 4.69) is 5.10 Å². The number of nitrogens with two attached hydrogens (primary N) is 1. The van der Waals surface area contributed by atoms with E-state index in [-0.39, 0.29) is 5.91 Å². The Morgan fingerprint density at radius 3 is 3.06 bits per heavy atom. The van der Waals surface area contributed by atoms with Crippen LogP contribution in [0.25, 0.3) is 0 Å². The molecule has 0 aromatic heterocycles. The average Bonchev–Trinajstić information content (AvgIpc) is 2.71. The molecule has 2 N–H and O–H groups in total. The monoisotopic (exact) mass is 228 g/mol. The number of rotatable bonds is 3. The number of nitriles is 1. The second-order valence-corrected chi connectivity index (χ2v) is 3.75. The van der Waals surface area contributed by atoms with Crippen molar-refractivity contribution in [2.24, 2.45) is 10.8 Å². The van der Waals surface area contributed by atoms with Crippen molar-refractivity contribution in [3.8, 4) is 6.07 Å². The van der Waals surface area contributed by atoms with Gasteiger partial charge in [-0.25, -0.2) is 5.01 Å². The van der Waals surface area contributed by atoms with Crippen molar-refractivity contribution in [3.63, 3.8) is 0 Å². The molecule has 1 aliphatic rings. The minimum Gasteiger partial charge on any atom is -0.330 e. The van der Waals surface area contributed by atoms with Gasteiger partial charge in [0.15, 0.2) is 0 Å².